The first-order valence-corrected chi connectivity index (χ1v) is 9.30. The molecule has 1 heterocycles. The zero-order valence-electron chi connectivity index (χ0n) is 15.9. The predicted octanol–water partition coefficient (Wildman–Crippen LogP) is 3.00. The second-order valence-electron chi connectivity index (χ2n) is 6.10. The number of amides is 2. The summed E-state index contributed by atoms with van der Waals surface area (Å²) in [5.41, 5.74) is 5.88. The van der Waals surface area contributed by atoms with E-state index in [2.05, 4.69) is 15.8 Å². The fourth-order valence-corrected chi connectivity index (χ4v) is 3.21. The van der Waals surface area contributed by atoms with Gasteiger partial charge in [-0.3, -0.25) is 9.59 Å². The van der Waals surface area contributed by atoms with Gasteiger partial charge in [0.25, 0.3) is 0 Å². The van der Waals surface area contributed by atoms with Gasteiger partial charge in [-0.15, -0.1) is 0 Å². The average Bonchev–Trinajstić information content (AvgIpc) is 2.88. The van der Waals surface area contributed by atoms with Gasteiger partial charge in [0.2, 0.25) is 11.8 Å². The summed E-state index contributed by atoms with van der Waals surface area (Å²) < 4.78 is 6.81. The summed E-state index contributed by atoms with van der Waals surface area (Å²) in [4.78, 5) is 23.3. The number of nitrogens with one attached hydrogen (secondary N) is 2. The molecule has 0 aliphatic heterocycles. The number of benzene rings is 1. The van der Waals surface area contributed by atoms with Crippen molar-refractivity contribution >= 4 is 41.2 Å². The molecule has 0 aliphatic rings. The lowest BCUT2D eigenvalue weighted by Crippen LogP contribution is -2.31. The number of halogens is 2. The molecule has 1 aromatic heterocycles. The van der Waals surface area contributed by atoms with Gasteiger partial charge in [0.15, 0.2) is 0 Å². The molecule has 2 amide bonds. The normalized spacial score (nSPS) is 11.0. The van der Waals surface area contributed by atoms with Crippen LogP contribution in [0, 0.1) is 13.8 Å². The molecular formula is C19H22Cl2N4O3. The highest BCUT2D eigenvalue weighted by atomic mass is 35.5. The standard InChI is InChI=1S/C19H22Cl2N4O3/c1-12-6-14(11-23-24-19(27)10-18(26)22-4-5-28-3)13(2)25(12)17-8-15(20)7-16(21)9-17/h6-9,11H,4-5,10H2,1-3H3,(H,22,26)(H,24,27)/b23-11+. The monoisotopic (exact) mass is 424 g/mol. The van der Waals surface area contributed by atoms with Crippen molar-refractivity contribution in [3.63, 3.8) is 0 Å². The lowest BCUT2D eigenvalue weighted by Gasteiger charge is -2.10. The van der Waals surface area contributed by atoms with E-state index in [1.54, 1.807) is 6.07 Å². The van der Waals surface area contributed by atoms with Gasteiger partial charge >= 0.3 is 0 Å². The third-order valence-corrected chi connectivity index (χ3v) is 4.35. The number of rotatable bonds is 8. The van der Waals surface area contributed by atoms with Gasteiger partial charge in [0, 0.05) is 46.3 Å². The van der Waals surface area contributed by atoms with Crippen LogP contribution in [0.15, 0.2) is 29.4 Å². The van der Waals surface area contributed by atoms with Crippen LogP contribution in [0.25, 0.3) is 5.69 Å². The molecule has 2 rings (SSSR count). The second-order valence-corrected chi connectivity index (χ2v) is 6.98. The lowest BCUT2D eigenvalue weighted by atomic mass is 10.2. The number of methoxy groups -OCH3 is 1. The summed E-state index contributed by atoms with van der Waals surface area (Å²) in [6.07, 6.45) is 1.23. The highest BCUT2D eigenvalue weighted by Crippen LogP contribution is 2.25. The minimum absolute atomic E-state index is 0.304. The van der Waals surface area contributed by atoms with Crippen LogP contribution in [-0.4, -0.2) is 42.9 Å². The van der Waals surface area contributed by atoms with Crippen molar-refractivity contribution < 1.29 is 14.3 Å². The Morgan fingerprint density at radius 2 is 1.82 bits per heavy atom. The number of hydrogen-bond acceptors (Lipinski definition) is 4. The Bertz CT molecular complexity index is 873. The van der Waals surface area contributed by atoms with Gasteiger partial charge in [-0.25, -0.2) is 5.43 Å². The molecule has 0 aliphatic carbocycles. The van der Waals surface area contributed by atoms with E-state index < -0.39 is 5.91 Å². The SMILES string of the molecule is COCCNC(=O)CC(=O)N/N=C/c1cc(C)n(-c2cc(Cl)cc(Cl)c2)c1C. The number of aromatic nitrogens is 1. The summed E-state index contributed by atoms with van der Waals surface area (Å²) in [6, 6.07) is 7.23. The number of nitrogens with zero attached hydrogens (tertiary/aromatic N) is 2. The van der Waals surface area contributed by atoms with Crippen LogP contribution in [0.2, 0.25) is 10.0 Å². The minimum atomic E-state index is -0.499. The van der Waals surface area contributed by atoms with Crippen molar-refractivity contribution in [1.29, 1.82) is 0 Å². The fourth-order valence-electron chi connectivity index (χ4n) is 2.70. The van der Waals surface area contributed by atoms with Gasteiger partial charge in [-0.05, 0) is 38.1 Å². The van der Waals surface area contributed by atoms with Crippen molar-refractivity contribution in [2.75, 3.05) is 20.3 Å². The van der Waals surface area contributed by atoms with Crippen LogP contribution in [0.5, 0.6) is 0 Å². The van der Waals surface area contributed by atoms with Gasteiger partial charge in [-0.1, -0.05) is 23.2 Å². The largest absolute Gasteiger partial charge is 0.383 e. The van der Waals surface area contributed by atoms with Crippen molar-refractivity contribution in [3.05, 3.63) is 51.3 Å². The van der Waals surface area contributed by atoms with E-state index in [-0.39, 0.29) is 12.3 Å². The summed E-state index contributed by atoms with van der Waals surface area (Å²) in [6.45, 7) is 4.61. The summed E-state index contributed by atoms with van der Waals surface area (Å²) in [7, 11) is 1.53. The molecule has 0 bridgehead atoms. The van der Waals surface area contributed by atoms with Gasteiger partial charge < -0.3 is 14.6 Å². The maximum absolute atomic E-state index is 11.8. The van der Waals surface area contributed by atoms with Gasteiger partial charge in [0.05, 0.1) is 12.8 Å². The Labute approximate surface area is 173 Å². The summed E-state index contributed by atoms with van der Waals surface area (Å²) in [5, 5.41) is 7.59. The van der Waals surface area contributed by atoms with Gasteiger partial charge in [-0.2, -0.15) is 5.10 Å². The van der Waals surface area contributed by atoms with Crippen LogP contribution in [0.4, 0.5) is 0 Å². The number of ether oxygens (including phenoxy) is 1. The Balaban J connectivity index is 2.03. The topological polar surface area (TPSA) is 84.7 Å². The molecule has 0 unspecified atom stereocenters. The highest BCUT2D eigenvalue weighted by Gasteiger charge is 2.11. The van der Waals surface area contributed by atoms with Crippen LogP contribution in [-0.2, 0) is 14.3 Å². The van der Waals surface area contributed by atoms with Crippen molar-refractivity contribution in [3.8, 4) is 5.69 Å². The van der Waals surface area contributed by atoms with Crippen molar-refractivity contribution in [1.82, 2.24) is 15.3 Å². The third-order valence-electron chi connectivity index (χ3n) is 3.92. The number of hydrazone groups is 1. The molecule has 2 N–H and O–H groups in total. The molecular weight excluding hydrogens is 403 g/mol. The maximum Gasteiger partial charge on any atom is 0.249 e. The van der Waals surface area contributed by atoms with Crippen LogP contribution < -0.4 is 10.7 Å². The van der Waals surface area contributed by atoms with Crippen LogP contribution in [0.3, 0.4) is 0 Å². The molecule has 0 fully saturated rings. The molecule has 1 aromatic carbocycles. The third kappa shape index (κ3) is 6.09. The van der Waals surface area contributed by atoms with Crippen molar-refractivity contribution in [2.45, 2.75) is 20.3 Å². The van der Waals surface area contributed by atoms with Gasteiger partial charge in [0.1, 0.15) is 6.42 Å². The lowest BCUT2D eigenvalue weighted by molar-refractivity contribution is -0.129. The molecule has 0 saturated heterocycles. The molecule has 0 radical (unpaired) electrons. The zero-order valence-corrected chi connectivity index (χ0v) is 17.4. The number of carbonyl (C=O) groups is 2. The number of aryl methyl sites for hydroxylation is 1. The molecule has 7 nitrogen and oxygen atoms in total. The van der Waals surface area contributed by atoms with E-state index in [1.165, 1.54) is 13.3 Å². The van der Waals surface area contributed by atoms with E-state index in [4.69, 9.17) is 27.9 Å². The summed E-state index contributed by atoms with van der Waals surface area (Å²) >= 11 is 12.2. The molecule has 0 saturated carbocycles. The Morgan fingerprint density at radius 1 is 1.14 bits per heavy atom. The molecule has 2 aromatic rings. The Morgan fingerprint density at radius 3 is 2.46 bits per heavy atom. The highest BCUT2D eigenvalue weighted by molar-refractivity contribution is 6.34. The van der Waals surface area contributed by atoms with Crippen LogP contribution >= 0.6 is 23.2 Å². The van der Waals surface area contributed by atoms with E-state index in [1.807, 2.05) is 36.6 Å². The number of carbonyl (C=O) groups excluding carboxylic acids is 2. The zero-order chi connectivity index (χ0) is 20.7. The van der Waals surface area contributed by atoms with Crippen molar-refractivity contribution in [2.24, 2.45) is 5.10 Å². The minimum Gasteiger partial charge on any atom is -0.383 e. The summed E-state index contributed by atoms with van der Waals surface area (Å²) in [5.74, 6) is -0.887. The maximum atomic E-state index is 11.8. The molecule has 0 atom stereocenters. The Hall–Kier alpha value is -2.35. The quantitative estimate of drug-likeness (QED) is 0.295. The Kier molecular flexibility index (Phi) is 8.04. The second kappa shape index (κ2) is 10.3. The first kappa shape index (κ1) is 21.9. The smallest absolute Gasteiger partial charge is 0.249 e. The van der Waals surface area contributed by atoms with E-state index in [9.17, 15) is 9.59 Å². The number of hydrogen-bond donors (Lipinski definition) is 2. The average molecular weight is 425 g/mol. The van der Waals surface area contributed by atoms with E-state index >= 15 is 0 Å². The molecule has 150 valence electrons. The molecule has 9 heteroatoms. The van der Waals surface area contributed by atoms with Crippen LogP contribution in [0.1, 0.15) is 23.4 Å². The fraction of sp³-hybridized carbons (Fsp3) is 0.316. The molecule has 0 spiro atoms. The van der Waals surface area contributed by atoms with E-state index in [0.717, 1.165) is 22.6 Å². The first-order valence-electron chi connectivity index (χ1n) is 8.54. The predicted molar refractivity (Wildman–Crippen MR) is 111 cm³/mol. The van der Waals surface area contributed by atoms with E-state index in [0.29, 0.717) is 23.2 Å². The first-order chi connectivity index (χ1) is 13.3. The molecule has 28 heavy (non-hydrogen) atoms.